The van der Waals surface area contributed by atoms with Crippen LogP contribution in [0.5, 0.6) is 0 Å². The minimum absolute atomic E-state index is 0.101. The van der Waals surface area contributed by atoms with Crippen molar-refractivity contribution in [3.63, 3.8) is 0 Å². The van der Waals surface area contributed by atoms with Gasteiger partial charge in [-0.25, -0.2) is 0 Å². The molecular formula is C18H26N2O2. The Bertz CT molecular complexity index is 501. The number of amides is 1. The van der Waals surface area contributed by atoms with E-state index >= 15 is 0 Å². The van der Waals surface area contributed by atoms with Crippen LogP contribution in [0.3, 0.4) is 0 Å². The first kappa shape index (κ1) is 15.5. The van der Waals surface area contributed by atoms with E-state index in [1.807, 2.05) is 37.3 Å². The largest absolute Gasteiger partial charge is 0.372 e. The summed E-state index contributed by atoms with van der Waals surface area (Å²) in [5, 5.41) is 3.05. The number of nitrogens with one attached hydrogen (secondary N) is 1. The Hall–Kier alpha value is -1.39. The van der Waals surface area contributed by atoms with Crippen molar-refractivity contribution in [2.75, 3.05) is 13.1 Å². The SMILES string of the molecule is CC1CN(C(C)C(=O)NCc2ccccc2)CC(C2CC2)O1. The van der Waals surface area contributed by atoms with Gasteiger partial charge in [-0.05, 0) is 38.2 Å². The fourth-order valence-corrected chi connectivity index (χ4v) is 3.16. The van der Waals surface area contributed by atoms with Crippen LogP contribution in [-0.2, 0) is 16.1 Å². The first-order valence-electron chi connectivity index (χ1n) is 8.34. The van der Waals surface area contributed by atoms with Gasteiger partial charge in [-0.15, -0.1) is 0 Å². The molecule has 3 unspecified atom stereocenters. The van der Waals surface area contributed by atoms with Gasteiger partial charge in [0, 0.05) is 19.6 Å². The number of ether oxygens (including phenoxy) is 1. The van der Waals surface area contributed by atoms with Gasteiger partial charge < -0.3 is 10.1 Å². The Morgan fingerprint density at radius 3 is 2.73 bits per heavy atom. The highest BCUT2D eigenvalue weighted by Crippen LogP contribution is 2.36. The lowest BCUT2D eigenvalue weighted by Crippen LogP contribution is -2.54. The highest BCUT2D eigenvalue weighted by molar-refractivity contribution is 5.81. The van der Waals surface area contributed by atoms with E-state index < -0.39 is 0 Å². The number of morpholine rings is 1. The normalized spacial score (nSPS) is 27.4. The molecule has 1 aromatic carbocycles. The van der Waals surface area contributed by atoms with Crippen LogP contribution in [-0.4, -0.2) is 42.1 Å². The highest BCUT2D eigenvalue weighted by atomic mass is 16.5. The molecule has 1 heterocycles. The van der Waals surface area contributed by atoms with Crippen LogP contribution in [0.2, 0.25) is 0 Å². The lowest BCUT2D eigenvalue weighted by Gasteiger charge is -2.39. The van der Waals surface area contributed by atoms with Gasteiger partial charge in [-0.1, -0.05) is 30.3 Å². The van der Waals surface area contributed by atoms with Crippen molar-refractivity contribution >= 4 is 5.91 Å². The van der Waals surface area contributed by atoms with Gasteiger partial charge in [0.1, 0.15) is 0 Å². The quantitative estimate of drug-likeness (QED) is 0.906. The Balaban J connectivity index is 1.53. The van der Waals surface area contributed by atoms with Crippen LogP contribution in [0.25, 0.3) is 0 Å². The molecule has 2 aliphatic rings. The van der Waals surface area contributed by atoms with Crippen molar-refractivity contribution in [2.45, 2.75) is 51.5 Å². The summed E-state index contributed by atoms with van der Waals surface area (Å²) < 4.78 is 6.03. The molecule has 3 rings (SSSR count). The molecule has 0 radical (unpaired) electrons. The van der Waals surface area contributed by atoms with Crippen molar-refractivity contribution in [1.29, 1.82) is 0 Å². The standard InChI is InChI=1S/C18H26N2O2/c1-13-11-20(12-17(22-13)16-8-9-16)14(2)18(21)19-10-15-6-4-3-5-7-15/h3-7,13-14,16-17H,8-12H2,1-2H3,(H,19,21). The van der Waals surface area contributed by atoms with Crippen LogP contribution in [0.15, 0.2) is 30.3 Å². The summed E-state index contributed by atoms with van der Waals surface area (Å²) in [6.45, 7) is 6.42. The molecule has 0 spiro atoms. The molecule has 1 aromatic rings. The summed E-state index contributed by atoms with van der Waals surface area (Å²) in [7, 11) is 0. The van der Waals surface area contributed by atoms with Crippen molar-refractivity contribution in [3.05, 3.63) is 35.9 Å². The van der Waals surface area contributed by atoms with Crippen LogP contribution >= 0.6 is 0 Å². The molecule has 120 valence electrons. The van der Waals surface area contributed by atoms with Gasteiger partial charge in [0.25, 0.3) is 0 Å². The third-order valence-electron chi connectivity index (χ3n) is 4.70. The van der Waals surface area contributed by atoms with Crippen LogP contribution < -0.4 is 5.32 Å². The maximum atomic E-state index is 12.4. The molecule has 1 aliphatic carbocycles. The summed E-state index contributed by atoms with van der Waals surface area (Å²) in [4.78, 5) is 14.7. The summed E-state index contributed by atoms with van der Waals surface area (Å²) in [6.07, 6.45) is 3.08. The van der Waals surface area contributed by atoms with Gasteiger partial charge in [-0.3, -0.25) is 9.69 Å². The van der Waals surface area contributed by atoms with Gasteiger partial charge in [-0.2, -0.15) is 0 Å². The molecule has 22 heavy (non-hydrogen) atoms. The maximum absolute atomic E-state index is 12.4. The average Bonchev–Trinajstić information content (AvgIpc) is 3.37. The lowest BCUT2D eigenvalue weighted by atomic mass is 10.1. The molecule has 0 aromatic heterocycles. The smallest absolute Gasteiger partial charge is 0.237 e. The molecule has 3 atom stereocenters. The number of benzene rings is 1. The molecule has 1 amide bonds. The molecule has 1 saturated carbocycles. The zero-order valence-electron chi connectivity index (χ0n) is 13.5. The third-order valence-corrected chi connectivity index (χ3v) is 4.70. The first-order valence-corrected chi connectivity index (χ1v) is 8.34. The Morgan fingerprint density at radius 2 is 2.05 bits per heavy atom. The van der Waals surface area contributed by atoms with Crippen molar-refractivity contribution in [3.8, 4) is 0 Å². The highest BCUT2D eigenvalue weighted by Gasteiger charge is 2.39. The van der Waals surface area contributed by atoms with E-state index in [9.17, 15) is 4.79 Å². The Morgan fingerprint density at radius 1 is 1.32 bits per heavy atom. The zero-order valence-corrected chi connectivity index (χ0v) is 13.5. The van der Waals surface area contributed by atoms with Crippen molar-refractivity contribution in [1.82, 2.24) is 10.2 Å². The number of nitrogens with zero attached hydrogens (tertiary/aromatic N) is 1. The predicted octanol–water partition coefficient (Wildman–Crippen LogP) is 2.19. The monoisotopic (exact) mass is 302 g/mol. The Labute approximate surface area is 132 Å². The van der Waals surface area contributed by atoms with Crippen molar-refractivity contribution in [2.24, 2.45) is 5.92 Å². The van der Waals surface area contributed by atoms with Gasteiger partial charge in [0.05, 0.1) is 18.2 Å². The predicted molar refractivity (Wildman–Crippen MR) is 86.4 cm³/mol. The summed E-state index contributed by atoms with van der Waals surface area (Å²) in [5.41, 5.74) is 1.13. The summed E-state index contributed by atoms with van der Waals surface area (Å²) >= 11 is 0. The maximum Gasteiger partial charge on any atom is 0.237 e. The Kier molecular flexibility index (Phi) is 4.79. The number of carbonyl (C=O) groups excluding carboxylic acids is 1. The molecule has 1 N–H and O–H groups in total. The number of hydrogen-bond acceptors (Lipinski definition) is 3. The third kappa shape index (κ3) is 3.87. The molecule has 1 saturated heterocycles. The van der Waals surface area contributed by atoms with Crippen molar-refractivity contribution < 1.29 is 9.53 Å². The molecule has 0 bridgehead atoms. The second kappa shape index (κ2) is 6.80. The van der Waals surface area contributed by atoms with E-state index in [-0.39, 0.29) is 18.1 Å². The van der Waals surface area contributed by atoms with E-state index in [0.717, 1.165) is 18.7 Å². The summed E-state index contributed by atoms with van der Waals surface area (Å²) in [5.74, 6) is 0.817. The van der Waals surface area contributed by atoms with Gasteiger partial charge in [0.15, 0.2) is 0 Å². The fraction of sp³-hybridized carbons (Fsp3) is 0.611. The van der Waals surface area contributed by atoms with Crippen LogP contribution in [0.4, 0.5) is 0 Å². The number of carbonyl (C=O) groups is 1. The first-order chi connectivity index (χ1) is 10.6. The van der Waals surface area contributed by atoms with E-state index in [0.29, 0.717) is 18.6 Å². The van der Waals surface area contributed by atoms with E-state index in [2.05, 4.69) is 17.1 Å². The van der Waals surface area contributed by atoms with E-state index in [4.69, 9.17) is 4.74 Å². The van der Waals surface area contributed by atoms with E-state index in [1.165, 1.54) is 12.8 Å². The fourth-order valence-electron chi connectivity index (χ4n) is 3.16. The molecule has 4 nitrogen and oxygen atoms in total. The zero-order chi connectivity index (χ0) is 15.5. The van der Waals surface area contributed by atoms with E-state index in [1.54, 1.807) is 0 Å². The molecular weight excluding hydrogens is 276 g/mol. The topological polar surface area (TPSA) is 41.6 Å². The minimum atomic E-state index is -0.101. The molecule has 4 heteroatoms. The number of rotatable bonds is 5. The second-order valence-electron chi connectivity index (χ2n) is 6.66. The van der Waals surface area contributed by atoms with Gasteiger partial charge >= 0.3 is 0 Å². The van der Waals surface area contributed by atoms with Crippen LogP contribution in [0, 0.1) is 5.92 Å². The van der Waals surface area contributed by atoms with Crippen LogP contribution in [0.1, 0.15) is 32.3 Å². The minimum Gasteiger partial charge on any atom is -0.372 e. The molecule has 2 fully saturated rings. The van der Waals surface area contributed by atoms with Gasteiger partial charge in [0.2, 0.25) is 5.91 Å². The second-order valence-corrected chi connectivity index (χ2v) is 6.66. The lowest BCUT2D eigenvalue weighted by molar-refractivity contribution is -0.134. The average molecular weight is 302 g/mol. The summed E-state index contributed by atoms with van der Waals surface area (Å²) in [6, 6.07) is 9.94. The molecule has 1 aliphatic heterocycles. The number of hydrogen-bond donors (Lipinski definition) is 1.